The summed E-state index contributed by atoms with van der Waals surface area (Å²) in [6.45, 7) is 5.48. The van der Waals surface area contributed by atoms with Crippen LogP contribution in [0.15, 0.2) is 60.7 Å². The van der Waals surface area contributed by atoms with E-state index in [2.05, 4.69) is 65.2 Å². The van der Waals surface area contributed by atoms with Gasteiger partial charge in [0, 0.05) is 64.4 Å². The van der Waals surface area contributed by atoms with Gasteiger partial charge in [-0.15, -0.1) is 0 Å². The van der Waals surface area contributed by atoms with Gasteiger partial charge in [0.25, 0.3) is 0 Å². The molecular formula is C44H68N6O6S2. The zero-order valence-corrected chi connectivity index (χ0v) is 36.8. The van der Waals surface area contributed by atoms with Crippen molar-refractivity contribution in [1.82, 2.24) is 29.0 Å². The fraction of sp³-hybridized carbons (Fsp3) is 0.682. The predicted molar refractivity (Wildman–Crippen MR) is 231 cm³/mol. The van der Waals surface area contributed by atoms with Gasteiger partial charge in [0.15, 0.2) is 0 Å². The number of carbonyl (C=O) groups excluding carboxylic acids is 2. The van der Waals surface area contributed by atoms with Crippen LogP contribution in [0.2, 0.25) is 0 Å². The number of hydrogen-bond acceptors (Lipinski definition) is 6. The summed E-state index contributed by atoms with van der Waals surface area (Å²) < 4.78 is 52.6. The van der Waals surface area contributed by atoms with E-state index in [1.807, 2.05) is 20.2 Å². The standard InChI is InChI=1S/C22H33N3O3S.C22H35N3O3S/c1-24(20-13-15-25(16-14-20)29(27,28)21-11-12-21)22(26)23-19-9-7-18(8-10-19)17-5-3-2-4-6-17;1-17(2)29(27,28)25-15-13-21(14-16-25)24(3)22(26)23-20-11-9-19(10-12-20)18-7-5-4-6-8-18/h2-6,18-21H,7-16H2,1H3,(H,23,26);4-8,17,19-21H,9-16H2,1-3H3,(H,23,26). The Kier molecular flexibility index (Phi) is 15.2. The van der Waals surface area contributed by atoms with E-state index in [-0.39, 0.29) is 41.5 Å². The third-order valence-electron chi connectivity index (χ3n) is 13.5. The lowest BCUT2D eigenvalue weighted by atomic mass is 9.82. The maximum atomic E-state index is 12.7. The van der Waals surface area contributed by atoms with Gasteiger partial charge in [-0.1, -0.05) is 60.7 Å². The first-order chi connectivity index (χ1) is 27.7. The fourth-order valence-corrected chi connectivity index (χ4v) is 12.5. The molecule has 0 radical (unpaired) electrons. The Morgan fingerprint density at radius 3 is 1.26 bits per heavy atom. The van der Waals surface area contributed by atoms with Gasteiger partial charge in [0.1, 0.15) is 0 Å². The van der Waals surface area contributed by atoms with E-state index in [0.29, 0.717) is 50.9 Å². The van der Waals surface area contributed by atoms with Crippen LogP contribution in [-0.2, 0) is 20.0 Å². The lowest BCUT2D eigenvalue weighted by Crippen LogP contribution is -2.52. The van der Waals surface area contributed by atoms with Crippen LogP contribution in [0, 0.1) is 0 Å². The molecule has 2 saturated heterocycles. The summed E-state index contributed by atoms with van der Waals surface area (Å²) in [5.41, 5.74) is 2.81. The highest BCUT2D eigenvalue weighted by Gasteiger charge is 2.42. The quantitative estimate of drug-likeness (QED) is 0.268. The van der Waals surface area contributed by atoms with Gasteiger partial charge in [-0.25, -0.2) is 35.0 Å². The number of amides is 4. The highest BCUT2D eigenvalue weighted by Crippen LogP contribution is 2.35. The maximum Gasteiger partial charge on any atom is 0.317 e. The van der Waals surface area contributed by atoms with E-state index >= 15 is 0 Å². The smallest absolute Gasteiger partial charge is 0.317 e. The molecule has 2 aromatic rings. The monoisotopic (exact) mass is 840 g/mol. The second kappa shape index (κ2) is 19.9. The SMILES string of the molecule is CC(C)S(=O)(=O)N1CCC(N(C)C(=O)NC2CCC(c3ccccc3)CC2)CC1.CN(C(=O)NC1CCC(c2ccccc2)CC1)C1CCN(S(=O)(=O)C2CC2)CC1. The number of urea groups is 2. The lowest BCUT2D eigenvalue weighted by Gasteiger charge is -2.38. The molecule has 0 unspecified atom stereocenters. The molecule has 4 amide bonds. The van der Waals surface area contributed by atoms with Crippen LogP contribution in [0.1, 0.15) is 127 Å². The first-order valence-electron chi connectivity index (χ1n) is 21.9. The van der Waals surface area contributed by atoms with Gasteiger partial charge in [0.2, 0.25) is 20.0 Å². The molecule has 0 aromatic heterocycles. The third kappa shape index (κ3) is 11.3. The molecule has 3 aliphatic carbocycles. The summed E-state index contributed by atoms with van der Waals surface area (Å²) in [6, 6.07) is 21.9. The minimum Gasteiger partial charge on any atom is -0.335 e. The normalized spacial score (nSPS) is 25.6. The first-order valence-corrected chi connectivity index (χ1v) is 24.9. The molecule has 5 aliphatic rings. The third-order valence-corrected chi connectivity index (χ3v) is 18.2. The van der Waals surface area contributed by atoms with E-state index in [4.69, 9.17) is 0 Å². The molecule has 7 rings (SSSR count). The van der Waals surface area contributed by atoms with Crippen LogP contribution in [0.3, 0.4) is 0 Å². The average Bonchev–Trinajstić information content (AvgIpc) is 4.12. The van der Waals surface area contributed by atoms with Gasteiger partial charge < -0.3 is 20.4 Å². The van der Waals surface area contributed by atoms with Crippen molar-refractivity contribution >= 4 is 32.1 Å². The Labute approximate surface area is 348 Å². The molecule has 0 bridgehead atoms. The van der Waals surface area contributed by atoms with E-state index in [1.165, 1.54) is 11.1 Å². The van der Waals surface area contributed by atoms with Crippen molar-refractivity contribution in [1.29, 1.82) is 0 Å². The summed E-state index contributed by atoms with van der Waals surface area (Å²) in [5.74, 6) is 1.19. The van der Waals surface area contributed by atoms with Crippen molar-refractivity contribution in [2.75, 3.05) is 40.3 Å². The Balaban J connectivity index is 0.000000196. The highest BCUT2D eigenvalue weighted by molar-refractivity contribution is 7.90. The summed E-state index contributed by atoms with van der Waals surface area (Å²) >= 11 is 0. The number of rotatable bonds is 10. The molecule has 2 heterocycles. The second-order valence-electron chi connectivity index (χ2n) is 17.6. The second-order valence-corrected chi connectivity index (χ2v) is 22.3. The van der Waals surface area contributed by atoms with Crippen molar-refractivity contribution in [3.8, 4) is 0 Å². The average molecular weight is 841 g/mol. The topological polar surface area (TPSA) is 139 Å². The molecule has 2 N–H and O–H groups in total. The zero-order valence-electron chi connectivity index (χ0n) is 35.2. The minimum atomic E-state index is -3.21. The molecule has 2 aliphatic heterocycles. The Hall–Kier alpha value is -3.20. The summed E-state index contributed by atoms with van der Waals surface area (Å²) in [6.07, 6.45) is 12.9. The molecule has 14 heteroatoms. The molecular weight excluding hydrogens is 773 g/mol. The molecule has 5 fully saturated rings. The van der Waals surface area contributed by atoms with Crippen LogP contribution >= 0.6 is 0 Å². The van der Waals surface area contributed by atoms with Gasteiger partial charge in [-0.2, -0.15) is 0 Å². The Morgan fingerprint density at radius 1 is 0.552 bits per heavy atom. The summed E-state index contributed by atoms with van der Waals surface area (Å²) in [4.78, 5) is 29.0. The Bertz CT molecular complexity index is 1700. The minimum absolute atomic E-state index is 0.0170. The van der Waals surface area contributed by atoms with Crippen molar-refractivity contribution in [2.45, 2.75) is 150 Å². The van der Waals surface area contributed by atoms with Crippen molar-refractivity contribution in [2.24, 2.45) is 0 Å². The number of nitrogens with zero attached hydrogens (tertiary/aromatic N) is 4. The molecule has 12 nitrogen and oxygen atoms in total. The number of piperidine rings is 2. The fourth-order valence-electron chi connectivity index (χ4n) is 9.32. The van der Waals surface area contributed by atoms with Crippen LogP contribution < -0.4 is 10.6 Å². The van der Waals surface area contributed by atoms with Crippen molar-refractivity contribution < 1.29 is 26.4 Å². The molecule has 322 valence electrons. The van der Waals surface area contributed by atoms with Gasteiger partial charge in [-0.05, 0) is 127 Å². The number of nitrogens with one attached hydrogen (secondary N) is 2. The summed E-state index contributed by atoms with van der Waals surface area (Å²) in [7, 11) is -2.62. The molecule has 0 atom stereocenters. The van der Waals surface area contributed by atoms with E-state index in [0.717, 1.165) is 77.0 Å². The van der Waals surface area contributed by atoms with Gasteiger partial charge >= 0.3 is 12.1 Å². The predicted octanol–water partition coefficient (Wildman–Crippen LogP) is 6.87. The van der Waals surface area contributed by atoms with Gasteiger partial charge in [0.05, 0.1) is 10.5 Å². The zero-order chi connectivity index (χ0) is 41.5. The molecule has 2 aromatic carbocycles. The number of carbonyl (C=O) groups is 2. The van der Waals surface area contributed by atoms with Gasteiger partial charge in [-0.3, -0.25) is 0 Å². The number of hydrogen-bond donors (Lipinski definition) is 2. The van der Waals surface area contributed by atoms with E-state index in [1.54, 1.807) is 32.3 Å². The molecule has 58 heavy (non-hydrogen) atoms. The molecule has 3 saturated carbocycles. The Morgan fingerprint density at radius 2 is 0.914 bits per heavy atom. The lowest BCUT2D eigenvalue weighted by molar-refractivity contribution is 0.156. The van der Waals surface area contributed by atoms with Crippen molar-refractivity contribution in [3.05, 3.63) is 71.8 Å². The van der Waals surface area contributed by atoms with Crippen LogP contribution in [0.5, 0.6) is 0 Å². The maximum absolute atomic E-state index is 12.7. The van der Waals surface area contributed by atoms with Crippen LogP contribution in [-0.4, -0.2) is 122 Å². The largest absolute Gasteiger partial charge is 0.335 e. The van der Waals surface area contributed by atoms with E-state index < -0.39 is 25.3 Å². The number of benzene rings is 2. The van der Waals surface area contributed by atoms with Crippen LogP contribution in [0.25, 0.3) is 0 Å². The first kappa shape index (κ1) is 44.4. The van der Waals surface area contributed by atoms with E-state index in [9.17, 15) is 26.4 Å². The summed E-state index contributed by atoms with van der Waals surface area (Å²) in [5, 5.41) is 5.87. The number of sulfonamides is 2. The van der Waals surface area contributed by atoms with Crippen molar-refractivity contribution in [3.63, 3.8) is 0 Å². The molecule has 0 spiro atoms. The van der Waals surface area contributed by atoms with Crippen LogP contribution in [0.4, 0.5) is 9.59 Å². The highest BCUT2D eigenvalue weighted by atomic mass is 32.2.